The van der Waals surface area contributed by atoms with Gasteiger partial charge in [0.05, 0.1) is 6.42 Å². The first-order valence-electron chi connectivity index (χ1n) is 6.17. The molecule has 0 spiro atoms. The number of pyridine rings is 1. The Morgan fingerprint density at radius 2 is 2.37 bits per heavy atom. The topological polar surface area (TPSA) is 80.9 Å². The Kier molecular flexibility index (Phi) is 4.22. The molecule has 2 aromatic heterocycles. The van der Waals surface area contributed by atoms with Gasteiger partial charge < -0.3 is 9.84 Å². The van der Waals surface area contributed by atoms with Crippen LogP contribution in [0.5, 0.6) is 0 Å². The minimum absolute atomic E-state index is 0.0873. The largest absolute Gasteiger partial charge is 0.344 e. The molecule has 19 heavy (non-hydrogen) atoms. The number of aromatic nitrogens is 3. The molecule has 0 saturated heterocycles. The van der Waals surface area contributed by atoms with Crippen molar-refractivity contribution in [1.82, 2.24) is 20.4 Å². The Morgan fingerprint density at radius 1 is 1.53 bits per heavy atom. The van der Waals surface area contributed by atoms with Gasteiger partial charge >= 0.3 is 0 Å². The Bertz CT molecular complexity index is 539. The molecular weight excluding hydrogens is 244 g/mol. The molecule has 2 rings (SSSR count). The van der Waals surface area contributed by atoms with Gasteiger partial charge in [0.2, 0.25) is 11.8 Å². The van der Waals surface area contributed by atoms with Crippen LogP contribution < -0.4 is 5.32 Å². The second kappa shape index (κ2) is 6.08. The minimum Gasteiger partial charge on any atom is -0.344 e. The summed E-state index contributed by atoms with van der Waals surface area (Å²) in [4.78, 5) is 20.0. The van der Waals surface area contributed by atoms with Crippen molar-refractivity contribution in [3.8, 4) is 0 Å². The molecule has 100 valence electrons. The molecule has 0 unspecified atom stereocenters. The third-order valence-electron chi connectivity index (χ3n) is 2.67. The molecule has 0 bridgehead atoms. The van der Waals surface area contributed by atoms with Crippen LogP contribution in [0.2, 0.25) is 0 Å². The van der Waals surface area contributed by atoms with Crippen LogP contribution in [0.3, 0.4) is 0 Å². The lowest BCUT2D eigenvalue weighted by Gasteiger charge is -2.12. The van der Waals surface area contributed by atoms with Gasteiger partial charge in [-0.2, -0.15) is 4.98 Å². The second-order valence-electron chi connectivity index (χ2n) is 4.25. The van der Waals surface area contributed by atoms with Crippen LogP contribution in [0.15, 0.2) is 29.0 Å². The minimum atomic E-state index is -0.245. The summed E-state index contributed by atoms with van der Waals surface area (Å²) in [6, 6.07) is 3.43. The number of carbonyl (C=O) groups excluding carboxylic acids is 1. The van der Waals surface area contributed by atoms with Crippen LogP contribution in [0.25, 0.3) is 0 Å². The lowest BCUT2D eigenvalue weighted by molar-refractivity contribution is -0.121. The number of aryl methyl sites for hydroxylation is 1. The van der Waals surface area contributed by atoms with Crippen molar-refractivity contribution in [2.24, 2.45) is 0 Å². The maximum atomic E-state index is 11.9. The van der Waals surface area contributed by atoms with E-state index >= 15 is 0 Å². The fourth-order valence-electron chi connectivity index (χ4n) is 1.73. The van der Waals surface area contributed by atoms with Gasteiger partial charge in [0.1, 0.15) is 6.04 Å². The normalized spacial score (nSPS) is 12.1. The first-order valence-corrected chi connectivity index (χ1v) is 6.17. The van der Waals surface area contributed by atoms with Gasteiger partial charge in [-0.15, -0.1) is 0 Å². The van der Waals surface area contributed by atoms with Crippen molar-refractivity contribution < 1.29 is 9.32 Å². The van der Waals surface area contributed by atoms with Crippen LogP contribution in [-0.2, 0) is 11.2 Å². The molecule has 6 heteroatoms. The van der Waals surface area contributed by atoms with E-state index in [1.807, 2.05) is 13.0 Å². The molecular formula is C13H16N4O2. The predicted octanol–water partition coefficient (Wildman–Crippen LogP) is 1.58. The highest BCUT2D eigenvalue weighted by Gasteiger charge is 2.18. The Hall–Kier alpha value is -2.24. The molecule has 1 N–H and O–H groups in total. The van der Waals surface area contributed by atoms with Crippen LogP contribution >= 0.6 is 0 Å². The third kappa shape index (κ3) is 3.61. The van der Waals surface area contributed by atoms with Crippen LogP contribution in [0, 0.1) is 6.92 Å². The molecule has 0 aromatic carbocycles. The maximum Gasteiger partial charge on any atom is 0.249 e. The first-order chi connectivity index (χ1) is 9.19. The summed E-state index contributed by atoms with van der Waals surface area (Å²) < 4.78 is 5.08. The SMILES string of the molecule is CC[C@H](NC(=O)Cc1cccnc1)c1nc(C)no1. The molecule has 6 nitrogen and oxygen atoms in total. The van der Waals surface area contributed by atoms with Gasteiger partial charge in [-0.05, 0) is 25.0 Å². The van der Waals surface area contributed by atoms with Gasteiger partial charge in [0.15, 0.2) is 5.82 Å². The van der Waals surface area contributed by atoms with Crippen LogP contribution in [-0.4, -0.2) is 21.0 Å². The van der Waals surface area contributed by atoms with E-state index in [2.05, 4.69) is 20.4 Å². The number of carbonyl (C=O) groups is 1. The fourth-order valence-corrected chi connectivity index (χ4v) is 1.73. The van der Waals surface area contributed by atoms with E-state index in [4.69, 9.17) is 4.52 Å². The van der Waals surface area contributed by atoms with Gasteiger partial charge in [0, 0.05) is 12.4 Å². The fraction of sp³-hybridized carbons (Fsp3) is 0.385. The number of hydrogen-bond donors (Lipinski definition) is 1. The zero-order valence-corrected chi connectivity index (χ0v) is 11.0. The smallest absolute Gasteiger partial charge is 0.249 e. The molecule has 1 atom stereocenters. The van der Waals surface area contributed by atoms with E-state index < -0.39 is 0 Å². The maximum absolute atomic E-state index is 11.9. The van der Waals surface area contributed by atoms with Crippen molar-refractivity contribution in [2.45, 2.75) is 32.7 Å². The third-order valence-corrected chi connectivity index (χ3v) is 2.67. The molecule has 0 radical (unpaired) electrons. The van der Waals surface area contributed by atoms with Gasteiger partial charge in [-0.3, -0.25) is 9.78 Å². The molecule has 1 amide bonds. The summed E-state index contributed by atoms with van der Waals surface area (Å²) in [5.74, 6) is 0.921. The van der Waals surface area contributed by atoms with Crippen LogP contribution in [0.4, 0.5) is 0 Å². The first kappa shape index (κ1) is 13.2. The quantitative estimate of drug-likeness (QED) is 0.882. The summed E-state index contributed by atoms with van der Waals surface area (Å²) in [5, 5.41) is 6.61. The average molecular weight is 260 g/mol. The summed E-state index contributed by atoms with van der Waals surface area (Å²) in [6.45, 7) is 3.70. The van der Waals surface area contributed by atoms with Crippen molar-refractivity contribution in [3.05, 3.63) is 41.8 Å². The van der Waals surface area contributed by atoms with Gasteiger partial charge in [-0.1, -0.05) is 18.1 Å². The van der Waals surface area contributed by atoms with Gasteiger partial charge in [0.25, 0.3) is 0 Å². The average Bonchev–Trinajstić information content (AvgIpc) is 2.83. The summed E-state index contributed by atoms with van der Waals surface area (Å²) >= 11 is 0. The summed E-state index contributed by atoms with van der Waals surface area (Å²) in [7, 11) is 0. The van der Waals surface area contributed by atoms with Crippen molar-refractivity contribution in [1.29, 1.82) is 0 Å². The Labute approximate surface area is 111 Å². The number of amides is 1. The van der Waals surface area contributed by atoms with E-state index in [-0.39, 0.29) is 18.4 Å². The lowest BCUT2D eigenvalue weighted by atomic mass is 10.1. The van der Waals surface area contributed by atoms with E-state index in [1.54, 1.807) is 25.4 Å². The zero-order chi connectivity index (χ0) is 13.7. The van der Waals surface area contributed by atoms with E-state index in [1.165, 1.54) is 0 Å². The van der Waals surface area contributed by atoms with Crippen molar-refractivity contribution in [2.75, 3.05) is 0 Å². The van der Waals surface area contributed by atoms with Crippen molar-refractivity contribution in [3.63, 3.8) is 0 Å². The molecule has 2 aromatic rings. The lowest BCUT2D eigenvalue weighted by Crippen LogP contribution is -2.29. The zero-order valence-electron chi connectivity index (χ0n) is 11.0. The van der Waals surface area contributed by atoms with Crippen LogP contribution in [0.1, 0.15) is 36.7 Å². The molecule has 0 aliphatic carbocycles. The highest BCUT2D eigenvalue weighted by atomic mass is 16.5. The predicted molar refractivity (Wildman–Crippen MR) is 68.2 cm³/mol. The molecule has 0 saturated carbocycles. The van der Waals surface area contributed by atoms with E-state index in [0.717, 1.165) is 5.56 Å². The Morgan fingerprint density at radius 3 is 2.95 bits per heavy atom. The van der Waals surface area contributed by atoms with Crippen molar-refractivity contribution >= 4 is 5.91 Å². The van der Waals surface area contributed by atoms with Gasteiger partial charge in [-0.25, -0.2) is 0 Å². The van der Waals surface area contributed by atoms with E-state index in [9.17, 15) is 4.79 Å². The summed E-state index contributed by atoms with van der Waals surface area (Å²) in [5.41, 5.74) is 0.872. The molecule has 0 aliphatic heterocycles. The number of hydrogen-bond acceptors (Lipinski definition) is 5. The number of rotatable bonds is 5. The standard InChI is InChI=1S/C13H16N4O2/c1-3-11(13-15-9(2)17-19-13)16-12(18)7-10-5-4-6-14-8-10/h4-6,8,11H,3,7H2,1-2H3,(H,16,18)/t11-/m0/s1. The Balaban J connectivity index is 1.97. The van der Waals surface area contributed by atoms with E-state index in [0.29, 0.717) is 18.1 Å². The highest BCUT2D eigenvalue weighted by molar-refractivity contribution is 5.78. The molecule has 2 heterocycles. The highest BCUT2D eigenvalue weighted by Crippen LogP contribution is 2.14. The second-order valence-corrected chi connectivity index (χ2v) is 4.25. The number of nitrogens with zero attached hydrogens (tertiary/aromatic N) is 3. The summed E-state index contributed by atoms with van der Waals surface area (Å²) in [6.07, 6.45) is 4.34. The molecule has 0 fully saturated rings. The number of nitrogens with one attached hydrogen (secondary N) is 1. The monoisotopic (exact) mass is 260 g/mol. The molecule has 0 aliphatic rings.